The number of rotatable bonds is 6. The molecule has 1 fully saturated rings. The van der Waals surface area contributed by atoms with Crippen LogP contribution in [0.3, 0.4) is 0 Å². The first-order valence-corrected chi connectivity index (χ1v) is 10.3. The zero-order chi connectivity index (χ0) is 22.2. The Morgan fingerprint density at radius 1 is 1.29 bits per heavy atom. The lowest BCUT2D eigenvalue weighted by Crippen LogP contribution is -2.66. The highest BCUT2D eigenvalue weighted by Crippen LogP contribution is 2.33. The maximum absolute atomic E-state index is 14.5. The Morgan fingerprint density at radius 2 is 2.06 bits per heavy atom. The molecule has 2 aromatic heterocycles. The molecule has 160 valence electrons. The van der Waals surface area contributed by atoms with Crippen LogP contribution in [0.4, 0.5) is 21.7 Å². The fourth-order valence-electron chi connectivity index (χ4n) is 3.48. The van der Waals surface area contributed by atoms with Crippen LogP contribution in [0.1, 0.15) is 13.3 Å². The third-order valence-electron chi connectivity index (χ3n) is 5.31. The Hall–Kier alpha value is -2.97. The molecule has 0 radical (unpaired) electrons. The number of likely N-dealkylation sites (tertiary alicyclic amines) is 1. The maximum atomic E-state index is 14.5. The SMILES string of the molecule is C=CC(=O)N1CC(CC)(Nc2ccc3ncnc(Nc4ccc(Cl)c(Cl)c4F)c3n2)C1. The molecule has 7 nitrogen and oxygen atoms in total. The number of carbonyl (C=O) groups is 1. The highest BCUT2D eigenvalue weighted by atomic mass is 35.5. The van der Waals surface area contributed by atoms with Gasteiger partial charge >= 0.3 is 0 Å². The van der Waals surface area contributed by atoms with E-state index >= 15 is 0 Å². The summed E-state index contributed by atoms with van der Waals surface area (Å²) in [5.41, 5.74) is 0.893. The summed E-state index contributed by atoms with van der Waals surface area (Å²) >= 11 is 11.8. The van der Waals surface area contributed by atoms with Crippen molar-refractivity contribution in [2.45, 2.75) is 18.9 Å². The number of amides is 1. The van der Waals surface area contributed by atoms with Gasteiger partial charge in [-0.15, -0.1) is 0 Å². The quantitative estimate of drug-likeness (QED) is 0.405. The summed E-state index contributed by atoms with van der Waals surface area (Å²) in [6.45, 7) is 6.69. The molecule has 0 bridgehead atoms. The molecule has 0 atom stereocenters. The van der Waals surface area contributed by atoms with Gasteiger partial charge in [-0.25, -0.2) is 19.3 Å². The molecule has 3 aromatic rings. The van der Waals surface area contributed by atoms with E-state index in [0.29, 0.717) is 35.8 Å². The molecule has 0 saturated carbocycles. The monoisotopic (exact) mass is 460 g/mol. The lowest BCUT2D eigenvalue weighted by Gasteiger charge is -2.50. The number of nitrogens with one attached hydrogen (secondary N) is 2. The summed E-state index contributed by atoms with van der Waals surface area (Å²) < 4.78 is 14.5. The van der Waals surface area contributed by atoms with E-state index in [-0.39, 0.29) is 27.2 Å². The van der Waals surface area contributed by atoms with Crippen molar-refractivity contribution in [2.24, 2.45) is 0 Å². The predicted octanol–water partition coefficient (Wildman–Crippen LogP) is 4.80. The van der Waals surface area contributed by atoms with Crippen molar-refractivity contribution >= 4 is 57.5 Å². The highest BCUT2D eigenvalue weighted by molar-refractivity contribution is 6.42. The zero-order valence-corrected chi connectivity index (χ0v) is 18.1. The molecule has 0 aliphatic carbocycles. The average Bonchev–Trinajstić information content (AvgIpc) is 2.76. The molecule has 2 N–H and O–H groups in total. The van der Waals surface area contributed by atoms with Crippen molar-refractivity contribution in [3.05, 3.63) is 59.1 Å². The topological polar surface area (TPSA) is 83.0 Å². The molecule has 3 heterocycles. The van der Waals surface area contributed by atoms with Crippen molar-refractivity contribution in [1.82, 2.24) is 19.9 Å². The van der Waals surface area contributed by atoms with E-state index in [1.165, 1.54) is 24.5 Å². The normalized spacial score (nSPS) is 14.8. The van der Waals surface area contributed by atoms with E-state index in [9.17, 15) is 9.18 Å². The van der Waals surface area contributed by atoms with Gasteiger partial charge in [0.1, 0.15) is 17.7 Å². The number of hydrogen-bond acceptors (Lipinski definition) is 6. The van der Waals surface area contributed by atoms with Gasteiger partial charge in [-0.1, -0.05) is 36.7 Å². The second-order valence-electron chi connectivity index (χ2n) is 7.29. The first-order chi connectivity index (χ1) is 14.9. The summed E-state index contributed by atoms with van der Waals surface area (Å²) in [5.74, 6) is 0.156. The molecular formula is C21H19Cl2FN6O. The molecule has 0 spiro atoms. The zero-order valence-electron chi connectivity index (χ0n) is 16.6. The molecule has 10 heteroatoms. The smallest absolute Gasteiger partial charge is 0.246 e. The fraction of sp³-hybridized carbons (Fsp3) is 0.238. The van der Waals surface area contributed by atoms with Crippen LogP contribution in [0.5, 0.6) is 0 Å². The summed E-state index contributed by atoms with van der Waals surface area (Å²) in [4.78, 5) is 26.6. The van der Waals surface area contributed by atoms with E-state index in [1.807, 2.05) is 13.0 Å². The Labute approximate surface area is 188 Å². The Balaban J connectivity index is 1.63. The van der Waals surface area contributed by atoms with Crippen molar-refractivity contribution in [1.29, 1.82) is 0 Å². The molecular weight excluding hydrogens is 442 g/mol. The number of pyridine rings is 1. The van der Waals surface area contributed by atoms with Crippen LogP contribution >= 0.6 is 23.2 Å². The number of carbonyl (C=O) groups excluding carboxylic acids is 1. The van der Waals surface area contributed by atoms with Crippen molar-refractivity contribution in [2.75, 3.05) is 23.7 Å². The Morgan fingerprint density at radius 3 is 2.77 bits per heavy atom. The van der Waals surface area contributed by atoms with Crippen LogP contribution in [-0.2, 0) is 4.79 Å². The molecule has 4 rings (SSSR count). The van der Waals surface area contributed by atoms with E-state index in [1.54, 1.807) is 11.0 Å². The lowest BCUT2D eigenvalue weighted by molar-refractivity contribution is -0.132. The van der Waals surface area contributed by atoms with Gasteiger partial charge in [0, 0.05) is 13.1 Å². The number of anilines is 3. The lowest BCUT2D eigenvalue weighted by atomic mass is 9.86. The predicted molar refractivity (Wildman–Crippen MR) is 120 cm³/mol. The van der Waals surface area contributed by atoms with Gasteiger partial charge in [0.2, 0.25) is 5.91 Å². The standard InChI is InChI=1S/C21H19Cl2FN6O/c1-3-16(31)30-9-21(4-2,10-30)29-15-8-7-14-19(28-15)20(26-11-25-14)27-13-6-5-12(22)17(23)18(13)24/h3,5-8,11H,1,4,9-10H2,2H3,(H,28,29)(H,25,26,27). The van der Waals surface area contributed by atoms with Gasteiger partial charge in [-0.05, 0) is 36.8 Å². The van der Waals surface area contributed by atoms with Gasteiger partial charge < -0.3 is 15.5 Å². The Bertz CT molecular complexity index is 1180. The number of aromatic nitrogens is 3. The average molecular weight is 461 g/mol. The summed E-state index contributed by atoms with van der Waals surface area (Å²) in [7, 11) is 0. The van der Waals surface area contributed by atoms with E-state index in [4.69, 9.17) is 23.2 Å². The number of nitrogens with zero attached hydrogens (tertiary/aromatic N) is 4. The number of benzene rings is 1. The van der Waals surface area contributed by atoms with Gasteiger partial charge in [-0.3, -0.25) is 4.79 Å². The van der Waals surface area contributed by atoms with Crippen LogP contribution in [0.15, 0.2) is 43.2 Å². The second-order valence-corrected chi connectivity index (χ2v) is 8.08. The maximum Gasteiger partial charge on any atom is 0.246 e. The van der Waals surface area contributed by atoms with Crippen molar-refractivity contribution < 1.29 is 9.18 Å². The first-order valence-electron chi connectivity index (χ1n) is 9.57. The molecule has 31 heavy (non-hydrogen) atoms. The van der Waals surface area contributed by atoms with E-state index in [2.05, 4.69) is 32.2 Å². The molecule has 1 saturated heterocycles. The fourth-order valence-corrected chi connectivity index (χ4v) is 3.79. The highest BCUT2D eigenvalue weighted by Gasteiger charge is 2.43. The summed E-state index contributed by atoms with van der Waals surface area (Å²) in [6, 6.07) is 6.59. The minimum atomic E-state index is -0.679. The number of halogens is 3. The minimum absolute atomic E-state index is 0.0964. The third-order valence-corrected chi connectivity index (χ3v) is 6.09. The summed E-state index contributed by atoms with van der Waals surface area (Å²) in [6.07, 6.45) is 3.48. The molecule has 1 amide bonds. The second kappa shape index (κ2) is 8.28. The third kappa shape index (κ3) is 4.00. The number of hydrogen-bond donors (Lipinski definition) is 2. The van der Waals surface area contributed by atoms with Crippen LogP contribution in [0.2, 0.25) is 10.0 Å². The molecule has 1 aliphatic rings. The molecule has 0 unspecified atom stereocenters. The first kappa shape index (κ1) is 21.3. The molecule has 1 aliphatic heterocycles. The van der Waals surface area contributed by atoms with Crippen molar-refractivity contribution in [3.63, 3.8) is 0 Å². The van der Waals surface area contributed by atoms with Crippen molar-refractivity contribution in [3.8, 4) is 0 Å². The van der Waals surface area contributed by atoms with E-state index in [0.717, 1.165) is 6.42 Å². The van der Waals surface area contributed by atoms with Crippen LogP contribution in [0, 0.1) is 5.82 Å². The van der Waals surface area contributed by atoms with Gasteiger partial charge in [0.25, 0.3) is 0 Å². The van der Waals surface area contributed by atoms with E-state index < -0.39 is 5.82 Å². The Kier molecular flexibility index (Phi) is 5.68. The minimum Gasteiger partial charge on any atom is -0.361 e. The van der Waals surface area contributed by atoms with Gasteiger partial charge in [0.15, 0.2) is 11.6 Å². The summed E-state index contributed by atoms with van der Waals surface area (Å²) in [5, 5.41) is 6.30. The van der Waals surface area contributed by atoms with Gasteiger partial charge in [0.05, 0.1) is 26.8 Å². The number of fused-ring (bicyclic) bond motifs is 1. The van der Waals surface area contributed by atoms with Gasteiger partial charge in [-0.2, -0.15) is 0 Å². The molecule has 1 aromatic carbocycles. The largest absolute Gasteiger partial charge is 0.361 e. The van der Waals surface area contributed by atoms with Crippen LogP contribution in [-0.4, -0.2) is 44.4 Å². The van der Waals surface area contributed by atoms with Crippen LogP contribution in [0.25, 0.3) is 11.0 Å². The van der Waals surface area contributed by atoms with Crippen LogP contribution < -0.4 is 10.6 Å².